The largest absolute Gasteiger partial charge is 0.573 e. The maximum absolute atomic E-state index is 12.6. The van der Waals surface area contributed by atoms with Gasteiger partial charge in [-0.1, -0.05) is 19.1 Å². The van der Waals surface area contributed by atoms with E-state index in [0.29, 0.717) is 42.3 Å². The molecule has 1 aliphatic heterocycles. The molecule has 1 aliphatic rings. The first-order valence-electron chi connectivity index (χ1n) is 8.09. The van der Waals surface area contributed by atoms with Gasteiger partial charge in [-0.3, -0.25) is 9.79 Å². The minimum absolute atomic E-state index is 0.183. The summed E-state index contributed by atoms with van der Waals surface area (Å²) in [5, 5.41) is 2.79. The van der Waals surface area contributed by atoms with Crippen LogP contribution in [0.5, 0.6) is 5.75 Å². The van der Waals surface area contributed by atoms with E-state index in [9.17, 15) is 18.0 Å². The Hall–Kier alpha value is -2.84. The predicted molar refractivity (Wildman–Crippen MR) is 88.4 cm³/mol. The van der Waals surface area contributed by atoms with Crippen LogP contribution in [0.2, 0.25) is 0 Å². The summed E-state index contributed by atoms with van der Waals surface area (Å²) in [7, 11) is 0. The summed E-state index contributed by atoms with van der Waals surface area (Å²) in [6, 6.07) is 5.37. The van der Waals surface area contributed by atoms with Gasteiger partial charge in [0.15, 0.2) is 5.82 Å². The lowest BCUT2D eigenvalue weighted by atomic mass is 10.2. The monoisotopic (exact) mass is 366 g/mol. The van der Waals surface area contributed by atoms with Crippen molar-refractivity contribution < 1.29 is 22.7 Å². The SMILES string of the molecule is CCc1nc2n(c1C(=O)NCc1ccc(OC(F)(F)F)cc1)CCN=C2. The molecular weight excluding hydrogens is 349 g/mol. The second kappa shape index (κ2) is 7.19. The Morgan fingerprint density at radius 1 is 1.31 bits per heavy atom. The number of rotatable bonds is 5. The van der Waals surface area contributed by atoms with Crippen molar-refractivity contribution in [2.24, 2.45) is 4.99 Å². The summed E-state index contributed by atoms with van der Waals surface area (Å²) in [5.41, 5.74) is 1.86. The average Bonchev–Trinajstić information content (AvgIpc) is 2.98. The molecule has 6 nitrogen and oxygen atoms in total. The quantitative estimate of drug-likeness (QED) is 0.885. The molecule has 0 saturated heterocycles. The molecule has 3 rings (SSSR count). The van der Waals surface area contributed by atoms with Crippen LogP contribution in [-0.2, 0) is 19.5 Å². The van der Waals surface area contributed by atoms with Gasteiger partial charge in [0.1, 0.15) is 11.4 Å². The summed E-state index contributed by atoms with van der Waals surface area (Å²) in [5.74, 6) is 0.0865. The van der Waals surface area contributed by atoms with E-state index in [-0.39, 0.29) is 18.2 Å². The van der Waals surface area contributed by atoms with Crippen LogP contribution in [0.1, 0.15) is 34.5 Å². The molecule has 9 heteroatoms. The minimum Gasteiger partial charge on any atom is -0.406 e. The average molecular weight is 366 g/mol. The molecule has 1 N–H and O–H groups in total. The maximum Gasteiger partial charge on any atom is 0.573 e. The van der Waals surface area contributed by atoms with E-state index in [1.165, 1.54) is 24.3 Å². The van der Waals surface area contributed by atoms with Crippen molar-refractivity contribution in [2.75, 3.05) is 6.54 Å². The number of carbonyl (C=O) groups is 1. The van der Waals surface area contributed by atoms with Gasteiger partial charge in [-0.05, 0) is 24.1 Å². The number of hydrogen-bond acceptors (Lipinski definition) is 4. The number of ether oxygens (including phenoxy) is 1. The van der Waals surface area contributed by atoms with Crippen LogP contribution in [0.3, 0.4) is 0 Å². The topological polar surface area (TPSA) is 68.5 Å². The third kappa shape index (κ3) is 4.04. The number of carbonyl (C=O) groups excluding carboxylic acids is 1. The predicted octanol–water partition coefficient (Wildman–Crippen LogP) is 2.71. The molecule has 0 unspecified atom stereocenters. The number of benzene rings is 1. The van der Waals surface area contributed by atoms with E-state index < -0.39 is 6.36 Å². The number of aliphatic imine (C=N–C) groups is 1. The van der Waals surface area contributed by atoms with Crippen LogP contribution in [0.4, 0.5) is 13.2 Å². The van der Waals surface area contributed by atoms with Crippen molar-refractivity contribution in [1.29, 1.82) is 0 Å². The van der Waals surface area contributed by atoms with Gasteiger partial charge in [-0.2, -0.15) is 0 Å². The first kappa shape index (κ1) is 18.0. The number of aromatic nitrogens is 2. The van der Waals surface area contributed by atoms with E-state index in [0.717, 1.165) is 0 Å². The van der Waals surface area contributed by atoms with Crippen LogP contribution >= 0.6 is 0 Å². The molecule has 0 radical (unpaired) electrons. The molecule has 1 aromatic carbocycles. The molecule has 138 valence electrons. The smallest absolute Gasteiger partial charge is 0.406 e. The van der Waals surface area contributed by atoms with E-state index in [4.69, 9.17) is 0 Å². The fraction of sp³-hybridized carbons (Fsp3) is 0.353. The summed E-state index contributed by atoms with van der Waals surface area (Å²) in [4.78, 5) is 21.2. The van der Waals surface area contributed by atoms with Crippen molar-refractivity contribution in [1.82, 2.24) is 14.9 Å². The molecule has 26 heavy (non-hydrogen) atoms. The summed E-state index contributed by atoms with van der Waals surface area (Å²) in [6.45, 7) is 3.28. The molecule has 0 fully saturated rings. The second-order valence-corrected chi connectivity index (χ2v) is 5.68. The number of imidazole rings is 1. The van der Waals surface area contributed by atoms with Crippen LogP contribution in [-0.4, -0.2) is 34.6 Å². The standard InChI is InChI=1S/C17H17F3N4O2/c1-2-13-15(24-8-7-21-10-14(24)23-13)16(25)22-9-11-3-5-12(6-4-11)26-17(18,19)20/h3-6,10H,2,7-9H2,1H3,(H,22,25). The van der Waals surface area contributed by atoms with E-state index >= 15 is 0 Å². The number of aryl methyl sites for hydroxylation is 1. The minimum atomic E-state index is -4.73. The number of halogens is 3. The van der Waals surface area contributed by atoms with Gasteiger partial charge >= 0.3 is 6.36 Å². The summed E-state index contributed by atoms with van der Waals surface area (Å²) < 4.78 is 42.2. The number of amides is 1. The van der Waals surface area contributed by atoms with Crippen LogP contribution < -0.4 is 10.1 Å². The van der Waals surface area contributed by atoms with Crippen LogP contribution in [0.15, 0.2) is 29.3 Å². The third-order valence-corrected chi connectivity index (χ3v) is 3.89. The number of fused-ring (bicyclic) bond motifs is 1. The highest BCUT2D eigenvalue weighted by atomic mass is 19.4. The van der Waals surface area contributed by atoms with Crippen molar-refractivity contribution in [3.05, 3.63) is 47.0 Å². The van der Waals surface area contributed by atoms with Crippen LogP contribution in [0.25, 0.3) is 0 Å². The van der Waals surface area contributed by atoms with Gasteiger partial charge in [0.05, 0.1) is 18.5 Å². The van der Waals surface area contributed by atoms with Crippen molar-refractivity contribution in [3.8, 4) is 5.75 Å². The Labute approximate surface area is 147 Å². The van der Waals surface area contributed by atoms with E-state index in [1.807, 2.05) is 11.5 Å². The fourth-order valence-corrected chi connectivity index (χ4v) is 2.73. The molecule has 0 atom stereocenters. The molecular formula is C17H17F3N4O2. The van der Waals surface area contributed by atoms with Gasteiger partial charge < -0.3 is 14.6 Å². The molecule has 2 heterocycles. The lowest BCUT2D eigenvalue weighted by molar-refractivity contribution is -0.274. The third-order valence-electron chi connectivity index (χ3n) is 3.89. The van der Waals surface area contributed by atoms with Crippen LogP contribution in [0, 0.1) is 0 Å². The van der Waals surface area contributed by atoms with Gasteiger partial charge in [0.2, 0.25) is 0 Å². The zero-order valence-corrected chi connectivity index (χ0v) is 14.0. The number of alkyl halides is 3. The molecule has 1 amide bonds. The first-order chi connectivity index (χ1) is 12.4. The Morgan fingerprint density at radius 2 is 2.04 bits per heavy atom. The Bertz CT molecular complexity index is 826. The normalized spacial score (nSPS) is 13.4. The molecule has 0 saturated carbocycles. The van der Waals surface area contributed by atoms with E-state index in [2.05, 4.69) is 20.0 Å². The second-order valence-electron chi connectivity index (χ2n) is 5.68. The maximum atomic E-state index is 12.6. The number of nitrogens with zero attached hydrogens (tertiary/aromatic N) is 3. The Balaban J connectivity index is 1.68. The highest BCUT2D eigenvalue weighted by Gasteiger charge is 2.31. The molecule has 1 aromatic heterocycles. The lowest BCUT2D eigenvalue weighted by Gasteiger charge is -2.13. The Kier molecular flexibility index (Phi) is 4.97. The number of nitrogens with one attached hydrogen (secondary N) is 1. The Morgan fingerprint density at radius 3 is 2.69 bits per heavy atom. The van der Waals surface area contributed by atoms with E-state index in [1.54, 1.807) is 6.21 Å². The summed E-state index contributed by atoms with van der Waals surface area (Å²) >= 11 is 0. The first-order valence-corrected chi connectivity index (χ1v) is 8.09. The number of hydrogen-bond donors (Lipinski definition) is 1. The highest BCUT2D eigenvalue weighted by molar-refractivity contribution is 5.95. The fourth-order valence-electron chi connectivity index (χ4n) is 2.73. The van der Waals surface area contributed by atoms with Crippen molar-refractivity contribution in [2.45, 2.75) is 32.8 Å². The van der Waals surface area contributed by atoms with Gasteiger partial charge in [-0.15, -0.1) is 13.2 Å². The highest BCUT2D eigenvalue weighted by Crippen LogP contribution is 2.22. The molecule has 2 aromatic rings. The molecule has 0 spiro atoms. The summed E-state index contributed by atoms with van der Waals surface area (Å²) in [6.07, 6.45) is -2.46. The van der Waals surface area contributed by atoms with Crippen molar-refractivity contribution in [3.63, 3.8) is 0 Å². The lowest BCUT2D eigenvalue weighted by Crippen LogP contribution is -2.28. The van der Waals surface area contributed by atoms with Crippen molar-refractivity contribution >= 4 is 12.1 Å². The zero-order valence-electron chi connectivity index (χ0n) is 14.0. The van der Waals surface area contributed by atoms with Gasteiger partial charge in [0.25, 0.3) is 5.91 Å². The van der Waals surface area contributed by atoms with Gasteiger partial charge in [0, 0.05) is 13.1 Å². The van der Waals surface area contributed by atoms with Gasteiger partial charge in [-0.25, -0.2) is 4.98 Å². The molecule has 0 aliphatic carbocycles. The zero-order chi connectivity index (χ0) is 18.7. The molecule has 0 bridgehead atoms.